The van der Waals surface area contributed by atoms with Gasteiger partial charge in [0.25, 0.3) is 5.91 Å². The molecule has 140 valence electrons. The number of aliphatic hydroxyl groups is 1. The Labute approximate surface area is 149 Å². The Kier molecular flexibility index (Phi) is 6.72. The summed E-state index contributed by atoms with van der Waals surface area (Å²) in [7, 11) is 0. The van der Waals surface area contributed by atoms with Gasteiger partial charge in [0.1, 0.15) is 0 Å². The number of carbonyl (C=O) groups excluding carboxylic acids is 1. The van der Waals surface area contributed by atoms with E-state index in [0.717, 1.165) is 32.3 Å². The van der Waals surface area contributed by atoms with E-state index < -0.39 is 11.4 Å². The van der Waals surface area contributed by atoms with Crippen molar-refractivity contribution in [3.8, 4) is 0 Å². The highest BCUT2D eigenvalue weighted by molar-refractivity contribution is 5.93. The van der Waals surface area contributed by atoms with Crippen molar-refractivity contribution < 1.29 is 14.6 Å². The van der Waals surface area contributed by atoms with E-state index in [1.165, 1.54) is 6.20 Å². The minimum absolute atomic E-state index is 0.0509. The number of nitrogens with two attached hydrogens (primary N) is 1. The van der Waals surface area contributed by atoms with E-state index in [0.29, 0.717) is 35.6 Å². The predicted molar refractivity (Wildman–Crippen MR) is 96.4 cm³/mol. The number of hydrogen-bond acceptors (Lipinski definition) is 6. The molecule has 0 bridgehead atoms. The smallest absolute Gasteiger partial charge is 0.252 e. The first-order valence-corrected chi connectivity index (χ1v) is 9.01. The van der Waals surface area contributed by atoms with Crippen molar-refractivity contribution in [2.75, 3.05) is 18.5 Å². The number of rotatable bonds is 8. The lowest BCUT2D eigenvalue weighted by Gasteiger charge is -2.28. The zero-order valence-electron chi connectivity index (χ0n) is 15.4. The number of nitrogens with zero attached hydrogens (tertiary/aromatic N) is 2. The van der Waals surface area contributed by atoms with Gasteiger partial charge in [-0.1, -0.05) is 0 Å². The van der Waals surface area contributed by atoms with E-state index in [-0.39, 0.29) is 6.61 Å². The van der Waals surface area contributed by atoms with Crippen molar-refractivity contribution in [3.63, 3.8) is 0 Å². The van der Waals surface area contributed by atoms with Crippen LogP contribution in [-0.2, 0) is 11.2 Å². The number of hydrogen-bond donors (Lipinski definition) is 3. The summed E-state index contributed by atoms with van der Waals surface area (Å²) in [5.74, 6) is 0.358. The Bertz CT molecular complexity index is 584. The van der Waals surface area contributed by atoms with Crippen LogP contribution in [0.2, 0.25) is 0 Å². The van der Waals surface area contributed by atoms with Crippen molar-refractivity contribution in [2.45, 2.75) is 64.5 Å². The van der Waals surface area contributed by atoms with Crippen molar-refractivity contribution in [1.82, 2.24) is 9.97 Å². The van der Waals surface area contributed by atoms with Crippen LogP contribution in [0.5, 0.6) is 0 Å². The highest BCUT2D eigenvalue weighted by Crippen LogP contribution is 2.29. The van der Waals surface area contributed by atoms with Crippen LogP contribution in [0.1, 0.15) is 62.5 Å². The second-order valence-corrected chi connectivity index (χ2v) is 7.39. The maximum absolute atomic E-state index is 11.7. The number of aromatic nitrogens is 2. The molecule has 0 radical (unpaired) electrons. The number of amides is 1. The van der Waals surface area contributed by atoms with Gasteiger partial charge in [0.05, 0.1) is 29.5 Å². The summed E-state index contributed by atoms with van der Waals surface area (Å²) >= 11 is 0. The monoisotopic (exact) mass is 350 g/mol. The zero-order chi connectivity index (χ0) is 18.4. The van der Waals surface area contributed by atoms with Crippen LogP contribution < -0.4 is 11.1 Å². The number of ether oxygens (including phenoxy) is 1. The molecule has 1 fully saturated rings. The molecule has 1 heterocycles. The SMILES string of the molecule is CCO[C@H]1CC[C@@H](Cc2nc(NC(C)(C)CO)ncc2C(N)=O)CC1. The number of nitrogens with one attached hydrogen (secondary N) is 1. The van der Waals surface area contributed by atoms with E-state index in [4.69, 9.17) is 10.5 Å². The molecular formula is C18H30N4O3. The first-order chi connectivity index (χ1) is 11.8. The fourth-order valence-electron chi connectivity index (χ4n) is 3.19. The van der Waals surface area contributed by atoms with Crippen molar-refractivity contribution in [2.24, 2.45) is 11.7 Å². The lowest BCUT2D eigenvalue weighted by Crippen LogP contribution is -2.36. The van der Waals surface area contributed by atoms with E-state index in [9.17, 15) is 9.90 Å². The number of primary amides is 1. The second kappa shape index (κ2) is 8.58. The van der Waals surface area contributed by atoms with Gasteiger partial charge < -0.3 is 20.9 Å². The fraction of sp³-hybridized carbons (Fsp3) is 0.722. The molecule has 1 saturated carbocycles. The average Bonchev–Trinajstić information content (AvgIpc) is 2.56. The molecule has 7 heteroatoms. The molecule has 1 amide bonds. The summed E-state index contributed by atoms with van der Waals surface area (Å²) in [5.41, 5.74) is 6.00. The topological polar surface area (TPSA) is 110 Å². The number of anilines is 1. The van der Waals surface area contributed by atoms with Crippen molar-refractivity contribution in [1.29, 1.82) is 0 Å². The molecule has 0 aliphatic heterocycles. The van der Waals surface area contributed by atoms with Crippen LogP contribution >= 0.6 is 0 Å². The molecule has 0 aromatic carbocycles. The molecule has 25 heavy (non-hydrogen) atoms. The highest BCUT2D eigenvalue weighted by atomic mass is 16.5. The number of carbonyl (C=O) groups is 1. The Balaban J connectivity index is 2.10. The quantitative estimate of drug-likeness (QED) is 0.660. The van der Waals surface area contributed by atoms with Gasteiger partial charge in [0.2, 0.25) is 5.95 Å². The van der Waals surface area contributed by atoms with Crippen molar-refractivity contribution in [3.05, 3.63) is 17.5 Å². The highest BCUT2D eigenvalue weighted by Gasteiger charge is 2.25. The van der Waals surface area contributed by atoms with Crippen LogP contribution in [0.4, 0.5) is 5.95 Å². The molecule has 1 aliphatic carbocycles. The maximum Gasteiger partial charge on any atom is 0.252 e. The van der Waals surface area contributed by atoms with Gasteiger partial charge in [-0.25, -0.2) is 9.97 Å². The third kappa shape index (κ3) is 5.64. The van der Waals surface area contributed by atoms with Gasteiger partial charge in [-0.2, -0.15) is 0 Å². The molecule has 4 N–H and O–H groups in total. The van der Waals surface area contributed by atoms with Crippen LogP contribution in [0.15, 0.2) is 6.20 Å². The first-order valence-electron chi connectivity index (χ1n) is 9.01. The molecule has 0 unspecified atom stereocenters. The standard InChI is InChI=1S/C18H30N4O3/c1-4-25-13-7-5-12(6-8-13)9-15-14(16(19)24)10-20-17(21-15)22-18(2,3)11-23/h10,12-13,23H,4-9,11H2,1-3H3,(H2,19,24)(H,20,21,22)/t12-,13+. The molecular weight excluding hydrogens is 320 g/mol. The third-order valence-corrected chi connectivity index (χ3v) is 4.66. The molecule has 0 atom stereocenters. The van der Waals surface area contributed by atoms with Gasteiger partial charge in [-0.05, 0) is 58.8 Å². The molecule has 2 rings (SSSR count). The summed E-state index contributed by atoms with van der Waals surface area (Å²) in [6.07, 6.45) is 6.72. The Morgan fingerprint density at radius 1 is 1.40 bits per heavy atom. The zero-order valence-corrected chi connectivity index (χ0v) is 15.4. The Morgan fingerprint density at radius 3 is 2.64 bits per heavy atom. The molecule has 7 nitrogen and oxygen atoms in total. The van der Waals surface area contributed by atoms with Crippen LogP contribution in [0.3, 0.4) is 0 Å². The van der Waals surface area contributed by atoms with Crippen molar-refractivity contribution >= 4 is 11.9 Å². The number of aliphatic hydroxyl groups excluding tert-OH is 1. The second-order valence-electron chi connectivity index (χ2n) is 7.39. The summed E-state index contributed by atoms with van der Waals surface area (Å²) in [4.78, 5) is 20.4. The summed E-state index contributed by atoms with van der Waals surface area (Å²) in [5, 5.41) is 12.5. The van der Waals surface area contributed by atoms with E-state index in [1.54, 1.807) is 0 Å². The minimum Gasteiger partial charge on any atom is -0.394 e. The van der Waals surface area contributed by atoms with Gasteiger partial charge >= 0.3 is 0 Å². The molecule has 1 aromatic rings. The predicted octanol–water partition coefficient (Wildman–Crippen LogP) is 1.90. The van der Waals surface area contributed by atoms with E-state index >= 15 is 0 Å². The fourth-order valence-corrected chi connectivity index (χ4v) is 3.19. The van der Waals surface area contributed by atoms with Crippen LogP contribution in [-0.4, -0.2) is 45.8 Å². The maximum atomic E-state index is 11.7. The lowest BCUT2D eigenvalue weighted by atomic mass is 9.84. The largest absolute Gasteiger partial charge is 0.394 e. The van der Waals surface area contributed by atoms with E-state index in [2.05, 4.69) is 15.3 Å². The van der Waals surface area contributed by atoms with Crippen LogP contribution in [0.25, 0.3) is 0 Å². The molecule has 0 saturated heterocycles. The summed E-state index contributed by atoms with van der Waals surface area (Å²) in [6.45, 7) is 6.43. The van der Waals surface area contributed by atoms with E-state index in [1.807, 2.05) is 20.8 Å². The molecule has 1 aromatic heterocycles. The lowest BCUT2D eigenvalue weighted by molar-refractivity contribution is 0.0256. The summed E-state index contributed by atoms with van der Waals surface area (Å²) < 4.78 is 5.70. The molecule has 1 aliphatic rings. The minimum atomic E-state index is -0.541. The van der Waals surface area contributed by atoms with Gasteiger partial charge in [-0.15, -0.1) is 0 Å². The Morgan fingerprint density at radius 2 is 2.08 bits per heavy atom. The normalized spacial score (nSPS) is 21.1. The average molecular weight is 350 g/mol. The molecule has 0 spiro atoms. The first kappa shape index (κ1) is 19.6. The van der Waals surface area contributed by atoms with Crippen LogP contribution in [0, 0.1) is 5.92 Å². The van der Waals surface area contributed by atoms with Gasteiger partial charge in [-0.3, -0.25) is 4.79 Å². The Hall–Kier alpha value is -1.73. The van der Waals surface area contributed by atoms with Gasteiger partial charge in [0, 0.05) is 12.8 Å². The third-order valence-electron chi connectivity index (χ3n) is 4.66. The summed E-state index contributed by atoms with van der Waals surface area (Å²) in [6, 6.07) is 0. The van der Waals surface area contributed by atoms with Gasteiger partial charge in [0.15, 0.2) is 0 Å².